The van der Waals surface area contributed by atoms with Gasteiger partial charge in [-0.15, -0.1) is 0 Å². The molecule has 3 rings (SSSR count). The van der Waals surface area contributed by atoms with E-state index in [4.69, 9.17) is 4.74 Å². The Morgan fingerprint density at radius 1 is 1.11 bits per heavy atom. The Kier molecular flexibility index (Phi) is 9.92. The monoisotopic (exact) mass is 534 g/mol. The van der Waals surface area contributed by atoms with Crippen molar-refractivity contribution in [1.82, 2.24) is 9.21 Å². The summed E-state index contributed by atoms with van der Waals surface area (Å²) in [5.41, 5.74) is 1.46. The molecule has 1 N–H and O–H groups in total. The first-order valence-electron chi connectivity index (χ1n) is 12.6. The molecular weight excluding hydrogens is 495 g/mol. The van der Waals surface area contributed by atoms with E-state index in [-0.39, 0.29) is 29.6 Å². The number of anilines is 2. The van der Waals surface area contributed by atoms with Gasteiger partial charge in [-0.3, -0.25) is 4.79 Å². The summed E-state index contributed by atoms with van der Waals surface area (Å²) in [7, 11) is 3.34. The molecule has 1 heterocycles. The van der Waals surface area contributed by atoms with Crippen LogP contribution in [0.5, 0.6) is 5.75 Å². The van der Waals surface area contributed by atoms with Crippen LogP contribution in [0.1, 0.15) is 31.2 Å². The molecule has 2 aromatic carbocycles. The smallest absolute Gasteiger partial charge is 0.243 e. The average Bonchev–Trinajstić information content (AvgIpc) is 2.86. The molecule has 0 radical (unpaired) electrons. The third kappa shape index (κ3) is 7.66. The molecule has 0 saturated carbocycles. The highest BCUT2D eigenvalue weighted by atomic mass is 32.2. The maximum absolute atomic E-state index is 14.9. The van der Waals surface area contributed by atoms with Gasteiger partial charge in [0.1, 0.15) is 11.6 Å². The fraction of sp³-hybridized carbons (Fsp3) is 0.519. The Morgan fingerprint density at radius 2 is 1.81 bits per heavy atom. The first kappa shape index (κ1) is 28.9. The minimum absolute atomic E-state index is 0.0109. The number of ether oxygens (including phenoxy) is 1. The van der Waals surface area contributed by atoms with Gasteiger partial charge in [-0.1, -0.05) is 0 Å². The SMILES string of the molecule is COc1ccc(S(=O)(=O)N(C)CCC(=O)Nc2ccc(N3CCC(CCN(C)C)CC3)c(F)c2)c(C)c1. The van der Waals surface area contributed by atoms with E-state index in [1.54, 1.807) is 31.2 Å². The molecule has 37 heavy (non-hydrogen) atoms. The van der Waals surface area contributed by atoms with E-state index in [2.05, 4.69) is 29.2 Å². The molecule has 1 aliphatic heterocycles. The van der Waals surface area contributed by atoms with Crippen LogP contribution in [0.25, 0.3) is 0 Å². The third-order valence-corrected chi connectivity index (χ3v) is 8.91. The molecule has 2 aromatic rings. The van der Waals surface area contributed by atoms with Crippen molar-refractivity contribution in [1.29, 1.82) is 0 Å². The summed E-state index contributed by atoms with van der Waals surface area (Å²) in [4.78, 5) is 16.9. The number of piperidine rings is 1. The van der Waals surface area contributed by atoms with Gasteiger partial charge in [0.2, 0.25) is 15.9 Å². The number of amides is 1. The second-order valence-electron chi connectivity index (χ2n) is 9.94. The highest BCUT2D eigenvalue weighted by Gasteiger charge is 2.24. The number of benzene rings is 2. The van der Waals surface area contributed by atoms with Gasteiger partial charge in [-0.05, 0) is 94.7 Å². The van der Waals surface area contributed by atoms with Gasteiger partial charge in [-0.2, -0.15) is 0 Å². The van der Waals surface area contributed by atoms with Crippen molar-refractivity contribution in [2.45, 2.75) is 37.5 Å². The fourth-order valence-corrected chi connectivity index (χ4v) is 5.93. The Bertz CT molecular complexity index is 1180. The molecule has 1 fully saturated rings. The lowest BCUT2D eigenvalue weighted by Crippen LogP contribution is -2.35. The number of carbonyl (C=O) groups is 1. The zero-order chi connectivity index (χ0) is 27.2. The summed E-state index contributed by atoms with van der Waals surface area (Å²) in [6.07, 6.45) is 3.18. The van der Waals surface area contributed by atoms with Crippen molar-refractivity contribution >= 4 is 27.3 Å². The van der Waals surface area contributed by atoms with Gasteiger partial charge < -0.3 is 19.9 Å². The van der Waals surface area contributed by atoms with Crippen LogP contribution in [0.4, 0.5) is 15.8 Å². The van der Waals surface area contributed by atoms with Crippen LogP contribution in [0, 0.1) is 18.7 Å². The van der Waals surface area contributed by atoms with E-state index >= 15 is 0 Å². The fourth-order valence-electron chi connectivity index (χ4n) is 4.55. The molecule has 1 saturated heterocycles. The molecule has 10 heteroatoms. The molecule has 0 bridgehead atoms. The second-order valence-corrected chi connectivity index (χ2v) is 12.0. The molecule has 8 nitrogen and oxygen atoms in total. The third-order valence-electron chi connectivity index (χ3n) is 6.90. The number of halogens is 1. The summed E-state index contributed by atoms with van der Waals surface area (Å²) < 4.78 is 47.1. The minimum atomic E-state index is -3.77. The van der Waals surface area contributed by atoms with E-state index in [9.17, 15) is 17.6 Å². The van der Waals surface area contributed by atoms with Gasteiger partial charge in [0.15, 0.2) is 0 Å². The van der Waals surface area contributed by atoms with Crippen molar-refractivity contribution in [2.75, 3.05) is 64.6 Å². The molecule has 0 aromatic heterocycles. The van der Waals surface area contributed by atoms with Gasteiger partial charge in [0.05, 0.1) is 17.7 Å². The number of nitrogens with zero attached hydrogens (tertiary/aromatic N) is 3. The van der Waals surface area contributed by atoms with Crippen molar-refractivity contribution in [2.24, 2.45) is 5.92 Å². The summed E-state index contributed by atoms with van der Waals surface area (Å²) in [5, 5.41) is 2.68. The quantitative estimate of drug-likeness (QED) is 0.470. The summed E-state index contributed by atoms with van der Waals surface area (Å²) >= 11 is 0. The Morgan fingerprint density at radius 3 is 2.41 bits per heavy atom. The normalized spacial score (nSPS) is 14.9. The molecule has 1 aliphatic rings. The van der Waals surface area contributed by atoms with Crippen LogP contribution in [-0.4, -0.2) is 78.0 Å². The van der Waals surface area contributed by atoms with Crippen molar-refractivity contribution in [3.8, 4) is 5.75 Å². The topological polar surface area (TPSA) is 82.2 Å². The van der Waals surface area contributed by atoms with Crippen LogP contribution >= 0.6 is 0 Å². The molecule has 0 atom stereocenters. The lowest BCUT2D eigenvalue weighted by Gasteiger charge is -2.34. The second kappa shape index (κ2) is 12.7. The van der Waals surface area contributed by atoms with E-state index < -0.39 is 10.0 Å². The summed E-state index contributed by atoms with van der Waals surface area (Å²) in [6, 6.07) is 9.46. The molecule has 1 amide bonds. The maximum Gasteiger partial charge on any atom is 0.243 e. The number of sulfonamides is 1. The zero-order valence-electron chi connectivity index (χ0n) is 22.5. The molecule has 204 valence electrons. The van der Waals surface area contributed by atoms with E-state index in [1.807, 2.05) is 0 Å². The molecule has 0 unspecified atom stereocenters. The highest BCUT2D eigenvalue weighted by molar-refractivity contribution is 7.89. The van der Waals surface area contributed by atoms with Crippen LogP contribution < -0.4 is 15.0 Å². The van der Waals surface area contributed by atoms with Crippen molar-refractivity contribution in [3.63, 3.8) is 0 Å². The molecule has 0 aliphatic carbocycles. The van der Waals surface area contributed by atoms with Gasteiger partial charge >= 0.3 is 0 Å². The number of carbonyl (C=O) groups excluding carboxylic acids is 1. The predicted octanol–water partition coefficient (Wildman–Crippen LogP) is 3.96. The zero-order valence-corrected chi connectivity index (χ0v) is 23.3. The minimum Gasteiger partial charge on any atom is -0.497 e. The van der Waals surface area contributed by atoms with Crippen LogP contribution in [0.15, 0.2) is 41.3 Å². The lowest BCUT2D eigenvalue weighted by molar-refractivity contribution is -0.116. The summed E-state index contributed by atoms with van der Waals surface area (Å²) in [5.74, 6) is 0.471. The van der Waals surface area contributed by atoms with E-state index in [1.165, 1.54) is 26.3 Å². The maximum atomic E-state index is 14.9. The Labute approximate surface area is 220 Å². The van der Waals surface area contributed by atoms with Gasteiger partial charge in [0.25, 0.3) is 0 Å². The summed E-state index contributed by atoms with van der Waals surface area (Å²) in [6.45, 7) is 4.38. The predicted molar refractivity (Wildman–Crippen MR) is 145 cm³/mol. The first-order valence-corrected chi connectivity index (χ1v) is 14.1. The molecule has 0 spiro atoms. The standard InChI is InChI=1S/C27H39FN4O4S/c1-20-18-23(36-5)7-9-26(20)37(34,35)31(4)15-13-27(33)29-22-6-8-25(24(28)19-22)32-16-11-21(12-17-32)10-14-30(2)3/h6-9,18-19,21H,10-17H2,1-5H3,(H,29,33). The van der Waals surface area contributed by atoms with E-state index in [0.717, 1.165) is 43.2 Å². The largest absolute Gasteiger partial charge is 0.497 e. The van der Waals surface area contributed by atoms with Crippen molar-refractivity contribution < 1.29 is 22.3 Å². The average molecular weight is 535 g/mol. The van der Waals surface area contributed by atoms with Gasteiger partial charge in [0, 0.05) is 38.8 Å². The highest BCUT2D eigenvalue weighted by Crippen LogP contribution is 2.29. The lowest BCUT2D eigenvalue weighted by atomic mass is 9.93. The van der Waals surface area contributed by atoms with Crippen LogP contribution in [0.3, 0.4) is 0 Å². The number of rotatable bonds is 11. The first-order chi connectivity index (χ1) is 17.5. The van der Waals surface area contributed by atoms with Crippen LogP contribution in [0.2, 0.25) is 0 Å². The number of hydrogen-bond acceptors (Lipinski definition) is 6. The number of hydrogen-bond donors (Lipinski definition) is 1. The number of methoxy groups -OCH3 is 1. The Balaban J connectivity index is 1.52. The Hall–Kier alpha value is -2.69. The number of aryl methyl sites for hydroxylation is 1. The van der Waals surface area contributed by atoms with Gasteiger partial charge in [-0.25, -0.2) is 17.1 Å². The van der Waals surface area contributed by atoms with E-state index in [0.29, 0.717) is 28.6 Å². The number of nitrogens with one attached hydrogen (secondary N) is 1. The van der Waals surface area contributed by atoms with Crippen molar-refractivity contribution in [3.05, 3.63) is 47.8 Å². The van der Waals surface area contributed by atoms with Crippen LogP contribution in [-0.2, 0) is 14.8 Å². The molecular formula is C27H39FN4O4S.